The highest BCUT2D eigenvalue weighted by Gasteiger charge is 2.13. The van der Waals surface area contributed by atoms with Crippen LogP contribution in [0.5, 0.6) is 0 Å². The quantitative estimate of drug-likeness (QED) is 0.603. The Balaban J connectivity index is 2.05. The minimum atomic E-state index is 0.347. The van der Waals surface area contributed by atoms with Gasteiger partial charge in [-0.05, 0) is 58.4 Å². The Hall–Kier alpha value is -0.160. The molecule has 0 amide bonds. The van der Waals surface area contributed by atoms with Crippen LogP contribution in [0, 0.1) is 0 Å². The highest BCUT2D eigenvalue weighted by molar-refractivity contribution is 4.69. The zero-order valence-electron chi connectivity index (χ0n) is 11.8. The van der Waals surface area contributed by atoms with Gasteiger partial charge in [-0.1, -0.05) is 12.8 Å². The van der Waals surface area contributed by atoms with Crippen LogP contribution in [0.2, 0.25) is 0 Å². The number of aliphatic hydroxyl groups excluding tert-OH is 1. The van der Waals surface area contributed by atoms with Crippen LogP contribution in [0.4, 0.5) is 0 Å². The van der Waals surface area contributed by atoms with Gasteiger partial charge in [-0.15, -0.1) is 0 Å². The summed E-state index contributed by atoms with van der Waals surface area (Å²) in [4.78, 5) is 5.15. The molecule has 0 atom stereocenters. The van der Waals surface area contributed by atoms with Gasteiger partial charge in [0, 0.05) is 19.7 Å². The molecule has 4 heteroatoms. The normalized spacial score (nSPS) is 19.0. The summed E-state index contributed by atoms with van der Waals surface area (Å²) in [5, 5.41) is 8.73. The lowest BCUT2D eigenvalue weighted by Gasteiger charge is -2.21. The van der Waals surface area contributed by atoms with Gasteiger partial charge in [0.1, 0.15) is 0 Å². The third-order valence-corrected chi connectivity index (χ3v) is 3.74. The first-order valence-electron chi connectivity index (χ1n) is 7.62. The first-order valence-corrected chi connectivity index (χ1v) is 7.62. The van der Waals surface area contributed by atoms with E-state index in [1.165, 1.54) is 65.0 Å². The number of rotatable bonds is 9. The van der Waals surface area contributed by atoms with Crippen molar-refractivity contribution in [3.8, 4) is 0 Å². The van der Waals surface area contributed by atoms with Gasteiger partial charge >= 0.3 is 0 Å². The number of unbranched alkanes of at least 4 members (excludes halogenated alkanes) is 3. The van der Waals surface area contributed by atoms with Gasteiger partial charge in [-0.2, -0.15) is 0 Å². The summed E-state index contributed by atoms with van der Waals surface area (Å²) in [7, 11) is 0. The van der Waals surface area contributed by atoms with Gasteiger partial charge < -0.3 is 20.6 Å². The van der Waals surface area contributed by atoms with Crippen molar-refractivity contribution in [2.45, 2.75) is 38.5 Å². The van der Waals surface area contributed by atoms with Crippen molar-refractivity contribution in [1.82, 2.24) is 9.80 Å². The van der Waals surface area contributed by atoms with Crippen LogP contribution in [-0.2, 0) is 0 Å². The van der Waals surface area contributed by atoms with E-state index in [0.29, 0.717) is 6.61 Å². The van der Waals surface area contributed by atoms with E-state index in [-0.39, 0.29) is 0 Å². The number of aliphatic hydroxyl groups is 1. The molecule has 0 aromatic heterocycles. The minimum absolute atomic E-state index is 0.347. The highest BCUT2D eigenvalue weighted by Crippen LogP contribution is 2.06. The highest BCUT2D eigenvalue weighted by atomic mass is 16.2. The zero-order valence-corrected chi connectivity index (χ0v) is 11.8. The van der Waals surface area contributed by atoms with E-state index in [1.807, 2.05) is 0 Å². The Kier molecular flexibility index (Phi) is 9.48. The molecule has 1 rings (SSSR count). The topological polar surface area (TPSA) is 52.7 Å². The van der Waals surface area contributed by atoms with E-state index in [0.717, 1.165) is 19.4 Å². The molecule has 1 aliphatic rings. The van der Waals surface area contributed by atoms with Gasteiger partial charge in [0.2, 0.25) is 0 Å². The number of nitrogens with two attached hydrogens (primary N) is 1. The molecule has 0 radical (unpaired) electrons. The average Bonchev–Trinajstić information content (AvgIpc) is 2.61. The molecule has 0 unspecified atom stereocenters. The molecule has 4 nitrogen and oxygen atoms in total. The molecular formula is C14H31N3O. The Morgan fingerprint density at radius 2 is 1.39 bits per heavy atom. The molecule has 0 bridgehead atoms. The molecule has 0 aliphatic carbocycles. The Bertz CT molecular complexity index is 190. The largest absolute Gasteiger partial charge is 0.396 e. The summed E-state index contributed by atoms with van der Waals surface area (Å²) in [6, 6.07) is 0. The van der Waals surface area contributed by atoms with Crippen LogP contribution in [0.25, 0.3) is 0 Å². The first-order chi connectivity index (χ1) is 8.86. The van der Waals surface area contributed by atoms with Crippen LogP contribution in [-0.4, -0.2) is 67.3 Å². The predicted molar refractivity (Wildman–Crippen MR) is 76.7 cm³/mol. The molecule has 108 valence electrons. The summed E-state index contributed by atoms with van der Waals surface area (Å²) < 4.78 is 0. The maximum atomic E-state index is 8.73. The molecular weight excluding hydrogens is 226 g/mol. The summed E-state index contributed by atoms with van der Waals surface area (Å²) in [5.74, 6) is 0. The van der Waals surface area contributed by atoms with Crippen LogP contribution in [0.15, 0.2) is 0 Å². The van der Waals surface area contributed by atoms with Gasteiger partial charge in [-0.25, -0.2) is 0 Å². The van der Waals surface area contributed by atoms with E-state index in [9.17, 15) is 0 Å². The SMILES string of the molecule is NCCCN1CCCN(CCCCCCO)CC1. The molecule has 3 N–H and O–H groups in total. The number of hydrogen-bond acceptors (Lipinski definition) is 4. The number of hydrogen-bond donors (Lipinski definition) is 2. The van der Waals surface area contributed by atoms with Gasteiger partial charge in [0.05, 0.1) is 0 Å². The minimum Gasteiger partial charge on any atom is -0.396 e. The lowest BCUT2D eigenvalue weighted by molar-refractivity contribution is 0.249. The lowest BCUT2D eigenvalue weighted by atomic mass is 10.2. The van der Waals surface area contributed by atoms with Crippen molar-refractivity contribution in [2.75, 3.05) is 52.4 Å². The number of nitrogens with zero attached hydrogens (tertiary/aromatic N) is 2. The fraction of sp³-hybridized carbons (Fsp3) is 1.00. The summed E-state index contributed by atoms with van der Waals surface area (Å²) in [6.45, 7) is 8.46. The fourth-order valence-corrected chi connectivity index (χ4v) is 2.59. The lowest BCUT2D eigenvalue weighted by Crippen LogP contribution is -2.32. The van der Waals surface area contributed by atoms with Crippen LogP contribution >= 0.6 is 0 Å². The van der Waals surface area contributed by atoms with E-state index in [1.54, 1.807) is 0 Å². The standard InChI is InChI=1S/C14H31N3O/c15-7-5-9-17-11-6-10-16(12-13-17)8-3-1-2-4-14-18/h18H,1-15H2. The smallest absolute Gasteiger partial charge is 0.0431 e. The second-order valence-corrected chi connectivity index (χ2v) is 5.32. The van der Waals surface area contributed by atoms with Crippen molar-refractivity contribution in [3.63, 3.8) is 0 Å². The summed E-state index contributed by atoms with van der Waals surface area (Å²) in [6.07, 6.45) is 7.10. The third kappa shape index (κ3) is 7.31. The van der Waals surface area contributed by atoms with Gasteiger partial charge in [0.15, 0.2) is 0 Å². The third-order valence-electron chi connectivity index (χ3n) is 3.74. The Labute approximate surface area is 112 Å². The second kappa shape index (κ2) is 10.7. The van der Waals surface area contributed by atoms with E-state index in [2.05, 4.69) is 9.80 Å². The fourth-order valence-electron chi connectivity index (χ4n) is 2.59. The maximum Gasteiger partial charge on any atom is 0.0431 e. The Morgan fingerprint density at radius 3 is 2.00 bits per heavy atom. The van der Waals surface area contributed by atoms with Crippen LogP contribution < -0.4 is 5.73 Å². The maximum absolute atomic E-state index is 8.73. The van der Waals surface area contributed by atoms with Crippen molar-refractivity contribution in [3.05, 3.63) is 0 Å². The van der Waals surface area contributed by atoms with Gasteiger partial charge in [-0.3, -0.25) is 0 Å². The second-order valence-electron chi connectivity index (χ2n) is 5.32. The molecule has 0 aromatic carbocycles. The molecule has 0 aromatic rings. The monoisotopic (exact) mass is 257 g/mol. The van der Waals surface area contributed by atoms with Gasteiger partial charge in [0.25, 0.3) is 0 Å². The molecule has 1 saturated heterocycles. The van der Waals surface area contributed by atoms with Crippen LogP contribution in [0.3, 0.4) is 0 Å². The molecule has 1 fully saturated rings. The van der Waals surface area contributed by atoms with E-state index in [4.69, 9.17) is 10.8 Å². The average molecular weight is 257 g/mol. The zero-order chi connectivity index (χ0) is 13.1. The molecule has 0 saturated carbocycles. The summed E-state index contributed by atoms with van der Waals surface area (Å²) >= 11 is 0. The van der Waals surface area contributed by atoms with E-state index < -0.39 is 0 Å². The molecule has 1 aliphatic heterocycles. The summed E-state index contributed by atoms with van der Waals surface area (Å²) in [5.41, 5.74) is 5.56. The first kappa shape index (κ1) is 15.9. The molecule has 0 spiro atoms. The van der Waals surface area contributed by atoms with Crippen molar-refractivity contribution in [2.24, 2.45) is 5.73 Å². The van der Waals surface area contributed by atoms with Crippen LogP contribution in [0.1, 0.15) is 38.5 Å². The van der Waals surface area contributed by atoms with Crippen molar-refractivity contribution >= 4 is 0 Å². The Morgan fingerprint density at radius 1 is 0.778 bits per heavy atom. The predicted octanol–water partition coefficient (Wildman–Crippen LogP) is 0.896. The molecule has 1 heterocycles. The molecule has 18 heavy (non-hydrogen) atoms. The van der Waals surface area contributed by atoms with Crippen molar-refractivity contribution < 1.29 is 5.11 Å². The van der Waals surface area contributed by atoms with E-state index >= 15 is 0 Å². The van der Waals surface area contributed by atoms with Crippen molar-refractivity contribution in [1.29, 1.82) is 0 Å².